The number of carbonyl (C=O) groups is 1. The fourth-order valence-corrected chi connectivity index (χ4v) is 3.29. The van der Waals surface area contributed by atoms with Crippen LogP contribution in [0.2, 0.25) is 0 Å². The molecule has 1 aromatic heterocycles. The van der Waals surface area contributed by atoms with Crippen LogP contribution in [-0.4, -0.2) is 19.3 Å². The molecular weight excluding hydrogens is 267 g/mol. The molecule has 0 radical (unpaired) electrons. The van der Waals surface area contributed by atoms with Crippen LogP contribution < -0.4 is 34.9 Å². The molecule has 15 heavy (non-hydrogen) atoms. The van der Waals surface area contributed by atoms with E-state index in [0.717, 1.165) is 11.3 Å². The molecule has 1 aromatic rings. The van der Waals surface area contributed by atoms with Crippen LogP contribution in [0.15, 0.2) is 4.21 Å². The average Bonchev–Trinajstić information content (AvgIpc) is 2.27. The molecule has 0 bridgehead atoms. The Morgan fingerprint density at radius 2 is 2.07 bits per heavy atom. The van der Waals surface area contributed by atoms with E-state index >= 15 is 0 Å². The van der Waals surface area contributed by atoms with Gasteiger partial charge in [0.05, 0.1) is 14.6 Å². The summed E-state index contributed by atoms with van der Waals surface area (Å²) in [6.45, 7) is 2.85. The molecular formula is C6H7N2NaO3S3. The van der Waals surface area contributed by atoms with Gasteiger partial charge in [0.1, 0.15) is 4.21 Å². The second kappa shape index (κ2) is 5.65. The fourth-order valence-electron chi connectivity index (χ4n) is 0.818. The summed E-state index contributed by atoms with van der Waals surface area (Å²) in [6.07, 6.45) is 0. The van der Waals surface area contributed by atoms with Crippen LogP contribution in [0.1, 0.15) is 12.6 Å². The van der Waals surface area contributed by atoms with E-state index < -0.39 is 8.87 Å². The molecule has 0 spiro atoms. The monoisotopic (exact) mass is 274 g/mol. The third-order valence-electron chi connectivity index (χ3n) is 1.26. The minimum absolute atomic E-state index is 0. The van der Waals surface area contributed by atoms with Crippen molar-refractivity contribution < 1.29 is 42.8 Å². The normalized spacial score (nSPS) is 10.6. The van der Waals surface area contributed by atoms with E-state index in [2.05, 4.69) is 22.0 Å². The standard InChI is InChI=1S/C6H8N2O3S3.Na/c1-3-5(14(10,11)12)13-6(7-3)8-4(2)9;/h1-2H3,(H,7,8,9)(H,10,11,12);/q;+1/p-1. The van der Waals surface area contributed by atoms with Gasteiger partial charge in [-0.15, -0.1) is 0 Å². The Hall–Kier alpha value is 0.400. The van der Waals surface area contributed by atoms with Crippen molar-refractivity contribution in [1.82, 2.24) is 4.98 Å². The van der Waals surface area contributed by atoms with Crippen molar-refractivity contribution >= 4 is 42.9 Å². The minimum Gasteiger partial charge on any atom is -0.643 e. The number of nitrogens with zero attached hydrogens (tertiary/aromatic N) is 1. The van der Waals surface area contributed by atoms with Gasteiger partial charge in [-0.2, -0.15) is 0 Å². The summed E-state index contributed by atoms with van der Waals surface area (Å²) in [5.41, 5.74) is 0.314. The van der Waals surface area contributed by atoms with Gasteiger partial charge < -0.3 is 17.0 Å². The molecule has 0 aliphatic rings. The summed E-state index contributed by atoms with van der Waals surface area (Å²) in [6, 6.07) is 0. The quantitative estimate of drug-likeness (QED) is 0.371. The number of rotatable bonds is 2. The Morgan fingerprint density at radius 3 is 2.40 bits per heavy atom. The predicted octanol–water partition coefficient (Wildman–Crippen LogP) is -2.35. The molecule has 5 nitrogen and oxygen atoms in total. The molecule has 1 amide bonds. The van der Waals surface area contributed by atoms with Crippen molar-refractivity contribution in [3.8, 4) is 0 Å². The third-order valence-corrected chi connectivity index (χ3v) is 4.61. The number of carbonyl (C=O) groups excluding carboxylic acids is 1. The number of hydrogen-bond donors (Lipinski definition) is 1. The molecule has 0 atom stereocenters. The molecule has 0 fully saturated rings. The van der Waals surface area contributed by atoms with Crippen molar-refractivity contribution in [2.45, 2.75) is 18.1 Å². The number of nitrogens with one attached hydrogen (secondary N) is 1. The Morgan fingerprint density at radius 1 is 1.53 bits per heavy atom. The van der Waals surface area contributed by atoms with Gasteiger partial charge in [-0.1, -0.05) is 11.3 Å². The summed E-state index contributed by atoms with van der Waals surface area (Å²) in [5, 5.41) is 2.64. The number of amides is 1. The predicted molar refractivity (Wildman–Crippen MR) is 55.7 cm³/mol. The van der Waals surface area contributed by atoms with Crippen molar-refractivity contribution in [3.05, 3.63) is 5.69 Å². The number of aryl methyl sites for hydroxylation is 1. The van der Waals surface area contributed by atoms with Gasteiger partial charge in [-0.05, 0) is 6.92 Å². The topological polar surface area (TPSA) is 76.1 Å². The van der Waals surface area contributed by atoms with Crippen molar-refractivity contribution in [3.63, 3.8) is 0 Å². The van der Waals surface area contributed by atoms with Crippen molar-refractivity contribution in [1.29, 1.82) is 0 Å². The van der Waals surface area contributed by atoms with Crippen LogP contribution in [0.4, 0.5) is 5.13 Å². The summed E-state index contributed by atoms with van der Waals surface area (Å²) in [4.78, 5) is 14.5. The SMILES string of the molecule is CC(=O)Nc1nc(C)c(S(=O)(=O)[S-])s1.[Na+]. The maximum Gasteiger partial charge on any atom is 1.00 e. The molecule has 0 aliphatic carbocycles. The summed E-state index contributed by atoms with van der Waals surface area (Å²) >= 11 is 5.16. The summed E-state index contributed by atoms with van der Waals surface area (Å²) < 4.78 is 22.1. The number of anilines is 1. The van der Waals surface area contributed by atoms with E-state index in [1.807, 2.05) is 0 Å². The maximum absolute atomic E-state index is 11.0. The first kappa shape index (κ1) is 15.4. The smallest absolute Gasteiger partial charge is 0.643 e. The van der Waals surface area contributed by atoms with Gasteiger partial charge in [0.2, 0.25) is 5.91 Å². The largest absolute Gasteiger partial charge is 1.00 e. The zero-order valence-electron chi connectivity index (χ0n) is 8.40. The average molecular weight is 274 g/mol. The van der Waals surface area contributed by atoms with Gasteiger partial charge in [0.25, 0.3) is 0 Å². The van der Waals surface area contributed by atoms with Crippen LogP contribution in [0, 0.1) is 6.92 Å². The molecule has 9 heteroatoms. The van der Waals surface area contributed by atoms with E-state index in [1.54, 1.807) is 0 Å². The molecule has 0 unspecified atom stereocenters. The first-order chi connectivity index (χ1) is 6.30. The van der Waals surface area contributed by atoms with Gasteiger partial charge in [0, 0.05) is 6.92 Å². The minimum atomic E-state index is -3.66. The van der Waals surface area contributed by atoms with Gasteiger partial charge >= 0.3 is 29.6 Å². The Kier molecular flexibility index (Phi) is 5.80. The molecule has 1 N–H and O–H groups in total. The Bertz CT molecular complexity index is 468. The van der Waals surface area contributed by atoms with Crippen LogP contribution in [-0.2, 0) is 25.3 Å². The zero-order valence-corrected chi connectivity index (χ0v) is 12.8. The Labute approximate surface area is 119 Å². The van der Waals surface area contributed by atoms with Gasteiger partial charge in [-0.25, -0.2) is 13.4 Å². The van der Waals surface area contributed by atoms with Crippen LogP contribution in [0.25, 0.3) is 0 Å². The second-order valence-corrected chi connectivity index (χ2v) is 6.42. The number of hydrogen-bond acceptors (Lipinski definition) is 6. The molecule has 0 saturated carbocycles. The van der Waals surface area contributed by atoms with E-state index in [0.29, 0.717) is 5.69 Å². The van der Waals surface area contributed by atoms with E-state index in [1.165, 1.54) is 13.8 Å². The number of thiazole rings is 1. The van der Waals surface area contributed by atoms with Gasteiger partial charge in [0.15, 0.2) is 5.13 Å². The molecule has 0 aliphatic heterocycles. The fraction of sp³-hybridized carbons (Fsp3) is 0.333. The van der Waals surface area contributed by atoms with E-state index in [-0.39, 0.29) is 44.8 Å². The summed E-state index contributed by atoms with van der Waals surface area (Å²) in [7, 11) is -3.66. The molecule has 0 saturated heterocycles. The molecule has 1 rings (SSSR count). The van der Waals surface area contributed by atoms with Crippen molar-refractivity contribution in [2.75, 3.05) is 5.32 Å². The van der Waals surface area contributed by atoms with E-state index in [4.69, 9.17) is 0 Å². The number of aromatic nitrogens is 1. The van der Waals surface area contributed by atoms with Crippen LogP contribution in [0.3, 0.4) is 0 Å². The first-order valence-electron chi connectivity index (χ1n) is 3.51. The molecule has 1 heterocycles. The van der Waals surface area contributed by atoms with Crippen molar-refractivity contribution in [2.24, 2.45) is 0 Å². The zero-order chi connectivity index (χ0) is 10.9. The maximum atomic E-state index is 11.0. The van der Waals surface area contributed by atoms with Crippen LogP contribution in [0.5, 0.6) is 0 Å². The van der Waals surface area contributed by atoms with E-state index in [9.17, 15) is 13.2 Å². The third kappa shape index (κ3) is 4.41. The molecule has 0 aromatic carbocycles. The second-order valence-electron chi connectivity index (χ2n) is 2.53. The van der Waals surface area contributed by atoms with Crippen LogP contribution >= 0.6 is 11.3 Å². The summed E-state index contributed by atoms with van der Waals surface area (Å²) in [5.74, 6) is -0.299. The van der Waals surface area contributed by atoms with Gasteiger partial charge in [-0.3, -0.25) is 4.79 Å². The first-order valence-corrected chi connectivity index (χ1v) is 6.74. The Balaban J connectivity index is 0.00000196. The molecule has 78 valence electrons.